The van der Waals surface area contributed by atoms with E-state index in [1.165, 1.54) is 11.1 Å². The summed E-state index contributed by atoms with van der Waals surface area (Å²) in [5, 5.41) is 12.4. The molecule has 7 heteroatoms. The van der Waals surface area contributed by atoms with Gasteiger partial charge in [-0.3, -0.25) is 10.00 Å². The van der Waals surface area contributed by atoms with Crippen LogP contribution in [0, 0.1) is 6.92 Å². The van der Waals surface area contributed by atoms with Crippen LogP contribution in [-0.4, -0.2) is 55.4 Å². The zero-order chi connectivity index (χ0) is 23.1. The first-order valence-corrected chi connectivity index (χ1v) is 11.8. The van der Waals surface area contributed by atoms with Crippen LogP contribution >= 0.6 is 0 Å². The van der Waals surface area contributed by atoms with Crippen molar-refractivity contribution in [3.05, 3.63) is 59.5 Å². The van der Waals surface area contributed by atoms with Crippen LogP contribution in [0.4, 0.5) is 0 Å². The predicted octanol–water partition coefficient (Wildman–Crippen LogP) is 5.00. The minimum atomic E-state index is 0.120. The molecule has 0 saturated carbocycles. The van der Waals surface area contributed by atoms with Crippen LogP contribution in [0.15, 0.2) is 42.9 Å². The maximum atomic E-state index is 6.08. The maximum Gasteiger partial charge on any atom is 0.158 e. The molecule has 172 valence electrons. The molecule has 1 aliphatic heterocycles. The molecule has 4 heterocycles. The summed E-state index contributed by atoms with van der Waals surface area (Å²) in [5.41, 5.74) is 8.59. The number of benzene rings is 1. The second-order valence-electron chi connectivity index (χ2n) is 9.53. The van der Waals surface area contributed by atoms with Gasteiger partial charge in [-0.1, -0.05) is 38.1 Å². The number of ether oxygens (including phenoxy) is 1. The molecule has 1 unspecified atom stereocenters. The quantitative estimate of drug-likeness (QED) is 0.469. The number of aromatic amines is 1. The van der Waals surface area contributed by atoms with Crippen molar-refractivity contribution in [2.75, 3.05) is 19.7 Å². The lowest BCUT2D eigenvalue weighted by Crippen LogP contribution is -2.42. The second kappa shape index (κ2) is 8.72. The maximum absolute atomic E-state index is 6.08. The van der Waals surface area contributed by atoms with E-state index < -0.39 is 0 Å². The molecule has 1 saturated heterocycles. The summed E-state index contributed by atoms with van der Waals surface area (Å²) in [6, 6.07) is 11.4. The van der Waals surface area contributed by atoms with Gasteiger partial charge >= 0.3 is 0 Å². The fourth-order valence-corrected chi connectivity index (χ4v) is 4.78. The van der Waals surface area contributed by atoms with Crippen LogP contribution < -0.4 is 0 Å². The van der Waals surface area contributed by atoms with Crippen molar-refractivity contribution in [2.24, 2.45) is 0 Å². The third kappa shape index (κ3) is 4.07. The number of H-pyrrole nitrogens is 1. The minimum absolute atomic E-state index is 0.120. The summed E-state index contributed by atoms with van der Waals surface area (Å²) < 4.78 is 7.90. The summed E-state index contributed by atoms with van der Waals surface area (Å²) in [5.74, 6) is 0.307. The van der Waals surface area contributed by atoms with Gasteiger partial charge in [-0.15, -0.1) is 0 Å². The zero-order valence-corrected chi connectivity index (χ0v) is 20.0. The molecule has 0 spiro atoms. The number of hydrogen-bond acceptors (Lipinski definition) is 5. The van der Waals surface area contributed by atoms with Gasteiger partial charge in [0.1, 0.15) is 6.33 Å². The third-order valence-corrected chi connectivity index (χ3v) is 6.61. The summed E-state index contributed by atoms with van der Waals surface area (Å²) in [7, 11) is 0. The van der Waals surface area contributed by atoms with E-state index in [4.69, 9.17) is 9.84 Å². The number of aromatic nitrogens is 5. The number of nitrogens with zero attached hydrogens (tertiary/aromatic N) is 5. The van der Waals surface area contributed by atoms with Gasteiger partial charge in [0.15, 0.2) is 5.65 Å². The molecule has 1 fully saturated rings. The van der Waals surface area contributed by atoms with E-state index in [0.717, 1.165) is 53.4 Å². The summed E-state index contributed by atoms with van der Waals surface area (Å²) in [6.07, 6.45) is 3.71. The molecule has 0 radical (unpaired) electrons. The van der Waals surface area contributed by atoms with Crippen LogP contribution in [0.5, 0.6) is 0 Å². The Morgan fingerprint density at radius 3 is 2.61 bits per heavy atom. The normalized spacial score (nSPS) is 17.5. The number of rotatable bonds is 5. The van der Waals surface area contributed by atoms with Crippen LogP contribution in [0.1, 0.15) is 56.4 Å². The second-order valence-corrected chi connectivity index (χ2v) is 9.53. The molecule has 3 aromatic heterocycles. The number of nitrogens with one attached hydrogen (secondary N) is 1. The summed E-state index contributed by atoms with van der Waals surface area (Å²) in [4.78, 5) is 6.81. The lowest BCUT2D eigenvalue weighted by molar-refractivity contribution is -0.0401. The lowest BCUT2D eigenvalue weighted by Gasteiger charge is -2.35. The highest BCUT2D eigenvalue weighted by Crippen LogP contribution is 2.36. The van der Waals surface area contributed by atoms with Crippen molar-refractivity contribution in [1.29, 1.82) is 0 Å². The van der Waals surface area contributed by atoms with Crippen molar-refractivity contribution in [3.63, 3.8) is 0 Å². The molecule has 5 rings (SSSR count). The number of hydrogen-bond donors (Lipinski definition) is 1. The SMILES string of the molecule is Cc1cc(-c2n[nH]c(-c3ccc(C4CN(C(C)C)CCO4)cc3)c2C(C)C)cn2ncnc12. The fourth-order valence-electron chi connectivity index (χ4n) is 4.78. The van der Waals surface area contributed by atoms with E-state index >= 15 is 0 Å². The summed E-state index contributed by atoms with van der Waals surface area (Å²) in [6.45, 7) is 13.7. The van der Waals surface area contributed by atoms with Gasteiger partial charge in [0.2, 0.25) is 0 Å². The molecule has 4 aromatic rings. The first kappa shape index (κ1) is 21.8. The van der Waals surface area contributed by atoms with Crippen molar-refractivity contribution >= 4 is 5.65 Å². The van der Waals surface area contributed by atoms with E-state index in [0.29, 0.717) is 12.0 Å². The Balaban J connectivity index is 1.48. The van der Waals surface area contributed by atoms with Gasteiger partial charge in [0, 0.05) is 36.5 Å². The van der Waals surface area contributed by atoms with Gasteiger partial charge < -0.3 is 4.74 Å². The highest BCUT2D eigenvalue weighted by Gasteiger charge is 2.24. The van der Waals surface area contributed by atoms with E-state index in [-0.39, 0.29) is 6.10 Å². The standard InChI is InChI=1S/C26H32N6O/c1-16(2)23-24(29-30-25(23)21-12-18(5)26-27-15-28-32(26)13-21)20-8-6-19(7-9-20)22-14-31(17(3)4)10-11-33-22/h6-9,12-13,15-17,22H,10-11,14H2,1-5H3,(H,29,30). The average Bonchev–Trinajstić information content (AvgIpc) is 3.47. The Bertz CT molecular complexity index is 1250. The van der Waals surface area contributed by atoms with Gasteiger partial charge in [-0.25, -0.2) is 9.50 Å². The van der Waals surface area contributed by atoms with Crippen LogP contribution in [0.25, 0.3) is 28.2 Å². The van der Waals surface area contributed by atoms with E-state index in [9.17, 15) is 0 Å². The number of pyridine rings is 1. The molecule has 1 aliphatic rings. The third-order valence-electron chi connectivity index (χ3n) is 6.61. The lowest BCUT2D eigenvalue weighted by atomic mass is 9.93. The molecule has 0 bridgehead atoms. The molecule has 1 N–H and O–H groups in total. The van der Waals surface area contributed by atoms with E-state index in [1.807, 2.05) is 10.7 Å². The molecule has 1 aromatic carbocycles. The summed E-state index contributed by atoms with van der Waals surface area (Å²) >= 11 is 0. The topological polar surface area (TPSA) is 71.3 Å². The molecular formula is C26H32N6O. The van der Waals surface area contributed by atoms with Gasteiger partial charge in [-0.2, -0.15) is 10.2 Å². The largest absolute Gasteiger partial charge is 0.371 e. The smallest absolute Gasteiger partial charge is 0.158 e. The highest BCUT2D eigenvalue weighted by atomic mass is 16.5. The van der Waals surface area contributed by atoms with Crippen molar-refractivity contribution in [3.8, 4) is 22.5 Å². The predicted molar refractivity (Wildman–Crippen MR) is 130 cm³/mol. The van der Waals surface area contributed by atoms with Gasteiger partial charge in [0.05, 0.1) is 24.1 Å². The first-order chi connectivity index (χ1) is 15.9. The van der Waals surface area contributed by atoms with E-state index in [1.54, 1.807) is 6.33 Å². The number of aryl methyl sites for hydroxylation is 1. The minimum Gasteiger partial charge on any atom is -0.371 e. The number of fused-ring (bicyclic) bond motifs is 1. The van der Waals surface area contributed by atoms with Gasteiger partial charge in [0.25, 0.3) is 0 Å². The fraction of sp³-hybridized carbons (Fsp3) is 0.423. The van der Waals surface area contributed by atoms with Gasteiger partial charge in [-0.05, 0) is 49.4 Å². The Morgan fingerprint density at radius 1 is 1.09 bits per heavy atom. The molecule has 0 amide bonds. The molecule has 1 atom stereocenters. The highest BCUT2D eigenvalue weighted by molar-refractivity contribution is 5.75. The van der Waals surface area contributed by atoms with E-state index in [2.05, 4.69) is 85.0 Å². The Labute approximate surface area is 194 Å². The average molecular weight is 445 g/mol. The molecule has 7 nitrogen and oxygen atoms in total. The van der Waals surface area contributed by atoms with Crippen LogP contribution in [-0.2, 0) is 4.74 Å². The zero-order valence-electron chi connectivity index (χ0n) is 20.0. The molecule has 0 aliphatic carbocycles. The van der Waals surface area contributed by atoms with Crippen LogP contribution in [0.3, 0.4) is 0 Å². The Hall–Kier alpha value is -3.03. The Kier molecular flexibility index (Phi) is 5.76. The Morgan fingerprint density at radius 2 is 1.88 bits per heavy atom. The van der Waals surface area contributed by atoms with Crippen molar-refractivity contribution in [2.45, 2.75) is 52.7 Å². The van der Waals surface area contributed by atoms with Crippen molar-refractivity contribution in [1.82, 2.24) is 29.7 Å². The van der Waals surface area contributed by atoms with Crippen LogP contribution in [0.2, 0.25) is 0 Å². The first-order valence-electron chi connectivity index (χ1n) is 11.8. The number of morpholine rings is 1. The van der Waals surface area contributed by atoms with Crippen molar-refractivity contribution < 1.29 is 4.74 Å². The molecule has 33 heavy (non-hydrogen) atoms. The molecular weight excluding hydrogens is 412 g/mol. The monoisotopic (exact) mass is 444 g/mol.